The summed E-state index contributed by atoms with van der Waals surface area (Å²) in [6, 6.07) is 5.91. The molecule has 10 heteroatoms. The maximum atomic E-state index is 12.9. The second-order valence-electron chi connectivity index (χ2n) is 6.96. The molecule has 31 heavy (non-hydrogen) atoms. The zero-order valence-corrected chi connectivity index (χ0v) is 19.5. The molecule has 0 fully saturated rings. The van der Waals surface area contributed by atoms with Crippen LogP contribution >= 0.6 is 34.4 Å². The quantitative estimate of drug-likeness (QED) is 0.319. The number of aryl methyl sites for hydroxylation is 1. The first-order valence-corrected chi connectivity index (χ1v) is 12.4. The van der Waals surface area contributed by atoms with Crippen LogP contribution in [0.2, 0.25) is 0 Å². The van der Waals surface area contributed by atoms with Gasteiger partial charge in [-0.1, -0.05) is 17.8 Å². The molecular weight excluding hydrogens is 450 g/mol. The van der Waals surface area contributed by atoms with Crippen LogP contribution in [-0.4, -0.2) is 24.7 Å². The Morgan fingerprint density at radius 2 is 2.13 bits per heavy atom. The molecule has 1 N–H and O–H groups in total. The Hall–Kier alpha value is -2.69. The highest BCUT2D eigenvalue weighted by molar-refractivity contribution is 7.99. The molecule has 0 aromatic carbocycles. The Kier molecular flexibility index (Phi) is 5.28. The lowest BCUT2D eigenvalue weighted by Gasteiger charge is -2.11. The van der Waals surface area contributed by atoms with Crippen LogP contribution in [0.1, 0.15) is 30.7 Å². The van der Waals surface area contributed by atoms with Crippen molar-refractivity contribution < 1.29 is 4.42 Å². The summed E-state index contributed by atoms with van der Waals surface area (Å²) in [7, 11) is 0. The molecule has 0 spiro atoms. The number of nitrogens with one attached hydrogen (secondary N) is 1. The Balaban J connectivity index is 1.48. The lowest BCUT2D eigenvalue weighted by Crippen LogP contribution is -2.12. The minimum absolute atomic E-state index is 0.0998. The molecule has 0 saturated carbocycles. The summed E-state index contributed by atoms with van der Waals surface area (Å²) in [6.45, 7) is 6.70. The topological polar surface area (TPSA) is 89.6 Å². The molecule has 1 unspecified atom stereocenters. The standard InChI is InChI=1S/C21H19N5O2S3/c1-4-26-18(13-7-8-28-11(13)2)24-25-21(26)31-12(3)17-22-19(27)16-14(10-30-20(16)23-17)15-6-5-9-29-15/h5-10,12H,4H2,1-3H3,(H,22,23,27). The second-order valence-corrected chi connectivity index (χ2v) is 10.1. The molecule has 5 aromatic rings. The molecule has 5 heterocycles. The number of H-pyrrole nitrogens is 1. The van der Waals surface area contributed by atoms with E-state index in [9.17, 15) is 4.79 Å². The fourth-order valence-corrected chi connectivity index (χ4v) is 6.20. The summed E-state index contributed by atoms with van der Waals surface area (Å²) in [5, 5.41) is 14.1. The first kappa shape index (κ1) is 20.2. The Labute approximate surface area is 190 Å². The van der Waals surface area contributed by atoms with Crippen LogP contribution in [0.4, 0.5) is 0 Å². The fourth-order valence-electron chi connectivity index (χ4n) is 3.46. The Bertz CT molecular complexity index is 1410. The molecule has 0 aliphatic heterocycles. The minimum atomic E-state index is -0.108. The molecule has 7 nitrogen and oxygen atoms in total. The van der Waals surface area contributed by atoms with Crippen molar-refractivity contribution in [3.8, 4) is 21.8 Å². The smallest absolute Gasteiger partial charge is 0.260 e. The molecule has 0 saturated heterocycles. The third kappa shape index (κ3) is 3.54. The first-order valence-electron chi connectivity index (χ1n) is 9.76. The van der Waals surface area contributed by atoms with E-state index in [-0.39, 0.29) is 10.8 Å². The van der Waals surface area contributed by atoms with Gasteiger partial charge in [-0.25, -0.2) is 4.98 Å². The molecule has 5 rings (SSSR count). The molecule has 158 valence electrons. The monoisotopic (exact) mass is 469 g/mol. The summed E-state index contributed by atoms with van der Waals surface area (Å²) in [5.74, 6) is 2.22. The highest BCUT2D eigenvalue weighted by Gasteiger charge is 2.21. The van der Waals surface area contributed by atoms with Crippen LogP contribution in [0.25, 0.3) is 32.0 Å². The predicted octanol–water partition coefficient (Wildman–Crippen LogP) is 5.75. The van der Waals surface area contributed by atoms with Crippen molar-refractivity contribution in [3.63, 3.8) is 0 Å². The van der Waals surface area contributed by atoms with Gasteiger partial charge in [-0.15, -0.1) is 32.9 Å². The van der Waals surface area contributed by atoms with E-state index in [0.29, 0.717) is 11.2 Å². The highest BCUT2D eigenvalue weighted by Crippen LogP contribution is 2.37. The van der Waals surface area contributed by atoms with E-state index in [0.717, 1.165) is 44.1 Å². The number of aromatic nitrogens is 5. The summed E-state index contributed by atoms with van der Waals surface area (Å²) < 4.78 is 7.48. The predicted molar refractivity (Wildman–Crippen MR) is 126 cm³/mol. The number of rotatable bonds is 6. The molecule has 0 aliphatic rings. The highest BCUT2D eigenvalue weighted by atomic mass is 32.2. The van der Waals surface area contributed by atoms with Crippen molar-refractivity contribution in [2.24, 2.45) is 0 Å². The fraction of sp³-hybridized carbons (Fsp3) is 0.238. The molecule has 5 aromatic heterocycles. The Morgan fingerprint density at radius 3 is 2.84 bits per heavy atom. The lowest BCUT2D eigenvalue weighted by molar-refractivity contribution is 0.534. The normalized spacial score (nSPS) is 12.6. The van der Waals surface area contributed by atoms with E-state index in [2.05, 4.69) is 26.7 Å². The number of furan rings is 1. The van der Waals surface area contributed by atoms with Gasteiger partial charge in [0, 0.05) is 22.4 Å². The van der Waals surface area contributed by atoms with Crippen LogP contribution in [0.15, 0.2) is 49.6 Å². The Morgan fingerprint density at radius 1 is 1.26 bits per heavy atom. The van der Waals surface area contributed by atoms with Gasteiger partial charge in [-0.2, -0.15) is 0 Å². The largest absolute Gasteiger partial charge is 0.469 e. The first-order chi connectivity index (χ1) is 15.1. The SMILES string of the molecule is CCn1c(SC(C)c2nc3scc(-c4cccs4)c3c(=O)[nH]2)nnc1-c1ccoc1C. The van der Waals surface area contributed by atoms with E-state index in [1.54, 1.807) is 17.6 Å². The molecule has 0 radical (unpaired) electrons. The van der Waals surface area contributed by atoms with E-state index < -0.39 is 0 Å². The van der Waals surface area contributed by atoms with Gasteiger partial charge in [0.25, 0.3) is 5.56 Å². The average Bonchev–Trinajstić information content (AvgIpc) is 3.54. The van der Waals surface area contributed by atoms with Crippen molar-refractivity contribution in [2.45, 2.75) is 37.7 Å². The van der Waals surface area contributed by atoms with Crippen molar-refractivity contribution in [1.29, 1.82) is 0 Å². The average molecular weight is 470 g/mol. The summed E-state index contributed by atoms with van der Waals surface area (Å²) in [6.07, 6.45) is 1.66. The minimum Gasteiger partial charge on any atom is -0.469 e. The number of hydrogen-bond donors (Lipinski definition) is 1. The summed E-state index contributed by atoms with van der Waals surface area (Å²) in [5.41, 5.74) is 1.77. The van der Waals surface area contributed by atoms with Gasteiger partial charge in [-0.05, 0) is 38.3 Å². The van der Waals surface area contributed by atoms with Crippen molar-refractivity contribution in [2.75, 3.05) is 0 Å². The van der Waals surface area contributed by atoms with Crippen LogP contribution in [-0.2, 0) is 6.54 Å². The number of fused-ring (bicyclic) bond motifs is 1. The molecule has 0 bridgehead atoms. The van der Waals surface area contributed by atoms with E-state index >= 15 is 0 Å². The maximum Gasteiger partial charge on any atom is 0.260 e. The zero-order valence-electron chi connectivity index (χ0n) is 17.1. The number of thiophene rings is 2. The van der Waals surface area contributed by atoms with Gasteiger partial charge >= 0.3 is 0 Å². The van der Waals surface area contributed by atoms with Gasteiger partial charge in [0.1, 0.15) is 16.4 Å². The molecule has 0 amide bonds. The molecular formula is C21H19N5O2S3. The van der Waals surface area contributed by atoms with Gasteiger partial charge in [0.15, 0.2) is 11.0 Å². The van der Waals surface area contributed by atoms with Gasteiger partial charge in [0.2, 0.25) is 0 Å². The van der Waals surface area contributed by atoms with Crippen LogP contribution < -0.4 is 5.56 Å². The lowest BCUT2D eigenvalue weighted by atomic mass is 10.2. The number of hydrogen-bond acceptors (Lipinski definition) is 8. The number of nitrogens with zero attached hydrogens (tertiary/aromatic N) is 4. The molecule has 1 atom stereocenters. The number of aromatic amines is 1. The summed E-state index contributed by atoms with van der Waals surface area (Å²) in [4.78, 5) is 22.5. The maximum absolute atomic E-state index is 12.9. The van der Waals surface area contributed by atoms with Crippen LogP contribution in [0.3, 0.4) is 0 Å². The van der Waals surface area contributed by atoms with E-state index in [1.807, 2.05) is 42.8 Å². The third-order valence-corrected chi connectivity index (χ3v) is 7.91. The van der Waals surface area contributed by atoms with E-state index in [4.69, 9.17) is 9.40 Å². The zero-order chi connectivity index (χ0) is 21.5. The molecule has 0 aliphatic carbocycles. The summed E-state index contributed by atoms with van der Waals surface area (Å²) >= 11 is 4.64. The third-order valence-electron chi connectivity index (χ3n) is 5.05. The van der Waals surface area contributed by atoms with Crippen molar-refractivity contribution in [1.82, 2.24) is 24.7 Å². The van der Waals surface area contributed by atoms with Crippen molar-refractivity contribution >= 4 is 44.7 Å². The van der Waals surface area contributed by atoms with E-state index in [1.165, 1.54) is 23.1 Å². The van der Waals surface area contributed by atoms with Crippen molar-refractivity contribution in [3.05, 3.63) is 57.2 Å². The number of thioether (sulfide) groups is 1. The van der Waals surface area contributed by atoms with Gasteiger partial charge in [0.05, 0.1) is 22.5 Å². The van der Waals surface area contributed by atoms with Crippen LogP contribution in [0.5, 0.6) is 0 Å². The van der Waals surface area contributed by atoms with Gasteiger partial charge in [-0.3, -0.25) is 4.79 Å². The van der Waals surface area contributed by atoms with Gasteiger partial charge < -0.3 is 14.0 Å². The second kappa shape index (κ2) is 8.10. The van der Waals surface area contributed by atoms with Crippen LogP contribution in [0, 0.1) is 6.92 Å².